The second kappa shape index (κ2) is 11.2. The molecule has 1 aliphatic rings. The molecule has 3 aromatic heterocycles. The van der Waals surface area contributed by atoms with Crippen molar-refractivity contribution in [1.82, 2.24) is 29.9 Å². The smallest absolute Gasteiger partial charge is 0.192 e. The van der Waals surface area contributed by atoms with E-state index in [1.54, 1.807) is 66.3 Å². The minimum absolute atomic E-state index is 0.00960. The Morgan fingerprint density at radius 3 is 1.71 bits per heavy atom. The van der Waals surface area contributed by atoms with Crippen LogP contribution in [0.5, 0.6) is 0 Å². The molecular weight excluding hydrogens is 571 g/mol. The first-order chi connectivity index (χ1) is 17.5. The molecule has 0 aromatic carbocycles. The van der Waals surface area contributed by atoms with E-state index in [-0.39, 0.29) is 26.0 Å². The zero-order chi connectivity index (χ0) is 28.5. The van der Waals surface area contributed by atoms with Gasteiger partial charge in [0.15, 0.2) is 30.0 Å². The molecule has 0 saturated carbocycles. The van der Waals surface area contributed by atoms with Gasteiger partial charge in [-0.1, -0.05) is 23.2 Å². The van der Waals surface area contributed by atoms with Crippen LogP contribution in [0.1, 0.15) is 46.1 Å². The van der Waals surface area contributed by atoms with Crippen molar-refractivity contribution in [3.8, 4) is 0 Å². The molecule has 0 aliphatic carbocycles. The van der Waals surface area contributed by atoms with Gasteiger partial charge in [-0.2, -0.15) is 10.2 Å². The molecule has 0 bridgehead atoms. The number of pyridine rings is 1. The van der Waals surface area contributed by atoms with Crippen molar-refractivity contribution in [2.45, 2.75) is 59.8 Å². The monoisotopic (exact) mass is 604 g/mol. The van der Waals surface area contributed by atoms with Crippen LogP contribution in [-0.2, 0) is 38.5 Å². The fourth-order valence-corrected chi connectivity index (χ4v) is 8.73. The van der Waals surface area contributed by atoms with E-state index in [0.29, 0.717) is 5.56 Å². The normalized spacial score (nSPS) is 15.7. The minimum atomic E-state index is -3.64. The maximum atomic E-state index is 12.8. The molecule has 38 heavy (non-hydrogen) atoms. The molecule has 1 fully saturated rings. The van der Waals surface area contributed by atoms with E-state index in [4.69, 9.17) is 23.2 Å². The third kappa shape index (κ3) is 5.79. The molecule has 1 N–H and O–H groups in total. The van der Waals surface area contributed by atoms with E-state index < -0.39 is 29.2 Å². The van der Waals surface area contributed by atoms with Crippen LogP contribution in [0.15, 0.2) is 46.7 Å². The number of hydrogen-bond donors (Lipinski definition) is 1. The summed E-state index contributed by atoms with van der Waals surface area (Å²) in [6.45, 7) is 8.60. The third-order valence-corrected chi connectivity index (χ3v) is 13.0. The van der Waals surface area contributed by atoms with Gasteiger partial charge in [-0.25, -0.2) is 16.8 Å². The number of piperidine rings is 1. The van der Waals surface area contributed by atoms with Crippen LogP contribution in [0.3, 0.4) is 0 Å². The van der Waals surface area contributed by atoms with E-state index in [9.17, 15) is 16.8 Å². The van der Waals surface area contributed by atoms with Gasteiger partial charge in [0.25, 0.3) is 0 Å². The number of rotatable bonds is 6. The van der Waals surface area contributed by atoms with Gasteiger partial charge >= 0.3 is 0 Å². The fraction of sp³-hybridized carbons (Fsp3) is 0.542. The van der Waals surface area contributed by atoms with Crippen LogP contribution in [0.25, 0.3) is 0 Å². The van der Waals surface area contributed by atoms with Gasteiger partial charge in [0.05, 0.1) is 9.49 Å². The average molecular weight is 606 g/mol. The first-order valence-electron chi connectivity index (χ1n) is 12.0. The summed E-state index contributed by atoms with van der Waals surface area (Å²) < 4.78 is 52.0. The van der Waals surface area contributed by atoms with Gasteiger partial charge in [-0.3, -0.25) is 14.3 Å². The summed E-state index contributed by atoms with van der Waals surface area (Å²) in [5.74, 6) is 0.134. The second-order valence-corrected chi connectivity index (χ2v) is 16.0. The standard InChI is InChI=1S/C12H20ClN3O2S.C12H14ClN3O2S/c2*1-12(2,9-4-6-14-7-5-9)19(17,18)10-8-16(3)15-11(10)13/h8-9,14H,4-7H2,1-3H3;4-8H,1-3H3. The van der Waals surface area contributed by atoms with E-state index in [1.807, 2.05) is 0 Å². The number of sulfone groups is 2. The Hall–Kier alpha value is -1.99. The fourth-order valence-electron chi connectivity index (χ4n) is 4.44. The Kier molecular flexibility index (Phi) is 9.04. The molecule has 10 nitrogen and oxygen atoms in total. The first kappa shape index (κ1) is 30.6. The van der Waals surface area contributed by atoms with Crippen molar-refractivity contribution >= 4 is 42.9 Å². The lowest BCUT2D eigenvalue weighted by molar-refractivity contribution is 0.305. The van der Waals surface area contributed by atoms with E-state index in [1.165, 1.54) is 21.8 Å². The lowest BCUT2D eigenvalue weighted by Gasteiger charge is -2.36. The summed E-state index contributed by atoms with van der Waals surface area (Å²) in [4.78, 5) is 4.08. The van der Waals surface area contributed by atoms with Crippen molar-refractivity contribution in [3.05, 3.63) is 52.8 Å². The highest BCUT2D eigenvalue weighted by Gasteiger charge is 2.44. The molecule has 210 valence electrons. The van der Waals surface area contributed by atoms with E-state index in [2.05, 4.69) is 20.5 Å². The van der Waals surface area contributed by atoms with Gasteiger partial charge in [0, 0.05) is 38.9 Å². The van der Waals surface area contributed by atoms with Crippen LogP contribution >= 0.6 is 23.2 Å². The second-order valence-electron chi connectivity index (χ2n) is 10.3. The lowest BCUT2D eigenvalue weighted by Crippen LogP contribution is -2.45. The van der Waals surface area contributed by atoms with Gasteiger partial charge in [0.1, 0.15) is 9.79 Å². The van der Waals surface area contributed by atoms with Crippen LogP contribution in [0, 0.1) is 5.92 Å². The number of nitrogens with one attached hydrogen (secondary N) is 1. The van der Waals surface area contributed by atoms with Gasteiger partial charge < -0.3 is 5.32 Å². The van der Waals surface area contributed by atoms with Crippen molar-refractivity contribution in [2.75, 3.05) is 13.1 Å². The molecule has 3 aromatic rings. The van der Waals surface area contributed by atoms with Crippen molar-refractivity contribution in [1.29, 1.82) is 0 Å². The largest absolute Gasteiger partial charge is 0.317 e. The van der Waals surface area contributed by atoms with Gasteiger partial charge in [-0.05, 0) is 77.2 Å². The number of nitrogens with zero attached hydrogens (tertiary/aromatic N) is 5. The molecule has 1 aliphatic heterocycles. The summed E-state index contributed by atoms with van der Waals surface area (Å²) in [6.07, 6.45) is 7.77. The van der Waals surface area contributed by atoms with Crippen LogP contribution in [0.4, 0.5) is 0 Å². The third-order valence-electron chi connectivity index (χ3n) is 7.15. The summed E-state index contributed by atoms with van der Waals surface area (Å²) in [6, 6.07) is 3.36. The van der Waals surface area contributed by atoms with Crippen molar-refractivity contribution in [2.24, 2.45) is 20.0 Å². The summed E-state index contributed by atoms with van der Waals surface area (Å²) in [5, 5.41) is 11.1. The highest BCUT2D eigenvalue weighted by atomic mass is 35.5. The highest BCUT2D eigenvalue weighted by Crippen LogP contribution is 2.39. The topological polar surface area (TPSA) is 129 Å². The average Bonchev–Trinajstić information content (AvgIpc) is 3.40. The molecule has 0 unspecified atom stereocenters. The molecule has 0 amide bonds. The molecule has 4 heterocycles. The molecule has 0 radical (unpaired) electrons. The Bertz CT molecular complexity index is 1480. The molecule has 1 saturated heterocycles. The number of hydrogen-bond acceptors (Lipinski definition) is 8. The Morgan fingerprint density at radius 2 is 1.29 bits per heavy atom. The van der Waals surface area contributed by atoms with Crippen molar-refractivity contribution < 1.29 is 16.8 Å². The van der Waals surface area contributed by atoms with Gasteiger partial charge in [-0.15, -0.1) is 0 Å². The first-order valence-corrected chi connectivity index (χ1v) is 15.7. The SMILES string of the molecule is Cn1cc(S(=O)(=O)C(C)(C)C2CCNCC2)c(Cl)n1.Cn1cc(S(=O)(=O)C(C)(C)c2ccncc2)c(Cl)n1. The lowest BCUT2D eigenvalue weighted by atomic mass is 9.86. The maximum Gasteiger partial charge on any atom is 0.192 e. The highest BCUT2D eigenvalue weighted by molar-refractivity contribution is 7.93. The Morgan fingerprint density at radius 1 is 0.842 bits per heavy atom. The summed E-state index contributed by atoms with van der Waals surface area (Å²) in [5.41, 5.74) is 0.655. The summed E-state index contributed by atoms with van der Waals surface area (Å²) >= 11 is 11.9. The minimum Gasteiger partial charge on any atom is -0.317 e. The number of halogens is 2. The maximum absolute atomic E-state index is 12.8. The van der Waals surface area contributed by atoms with Gasteiger partial charge in [0.2, 0.25) is 0 Å². The zero-order valence-corrected chi connectivity index (χ0v) is 25.5. The molecule has 0 spiro atoms. The van der Waals surface area contributed by atoms with Crippen LogP contribution in [0.2, 0.25) is 10.3 Å². The predicted octanol–water partition coefficient (Wildman–Crippen LogP) is 3.80. The Labute approximate surface area is 234 Å². The molecule has 4 rings (SSSR count). The molecular formula is C24H34Cl2N6O4S2. The van der Waals surface area contributed by atoms with Crippen LogP contribution < -0.4 is 5.32 Å². The molecule has 0 atom stereocenters. The Balaban J connectivity index is 0.000000211. The summed E-state index contributed by atoms with van der Waals surface area (Å²) in [7, 11) is -3.84. The molecule has 14 heteroatoms. The van der Waals surface area contributed by atoms with E-state index in [0.717, 1.165) is 25.9 Å². The van der Waals surface area contributed by atoms with Crippen LogP contribution in [-0.4, -0.2) is 59.2 Å². The zero-order valence-electron chi connectivity index (χ0n) is 22.3. The predicted molar refractivity (Wildman–Crippen MR) is 148 cm³/mol. The van der Waals surface area contributed by atoms with Crippen molar-refractivity contribution in [3.63, 3.8) is 0 Å². The quantitative estimate of drug-likeness (QED) is 0.450. The number of aryl methyl sites for hydroxylation is 2. The number of aromatic nitrogens is 5. The van der Waals surface area contributed by atoms with E-state index >= 15 is 0 Å².